The number of carbonyl (C=O) groups excluding carboxylic acids is 1. The van der Waals surface area contributed by atoms with Gasteiger partial charge < -0.3 is 9.32 Å². The van der Waals surface area contributed by atoms with E-state index in [9.17, 15) is 4.79 Å². The Morgan fingerprint density at radius 1 is 1.12 bits per heavy atom. The number of nitrogens with zero attached hydrogens (tertiary/aromatic N) is 3. The van der Waals surface area contributed by atoms with E-state index in [1.165, 1.54) is 5.56 Å². The van der Waals surface area contributed by atoms with E-state index in [2.05, 4.69) is 30.9 Å². The molecule has 0 N–H and O–H groups in total. The van der Waals surface area contributed by atoms with E-state index < -0.39 is 0 Å². The molecule has 2 aromatic heterocycles. The first kappa shape index (κ1) is 18.6. The lowest BCUT2D eigenvalue weighted by molar-refractivity contribution is 0.0983. The van der Waals surface area contributed by atoms with Gasteiger partial charge in [-0.25, -0.2) is 4.98 Å². The summed E-state index contributed by atoms with van der Waals surface area (Å²) in [6.45, 7) is 9.17. The van der Waals surface area contributed by atoms with Crippen molar-refractivity contribution in [2.45, 2.75) is 27.7 Å². The summed E-state index contributed by atoms with van der Waals surface area (Å²) < 4.78 is 6.68. The molecule has 3 rings (SSSR count). The summed E-state index contributed by atoms with van der Waals surface area (Å²) in [5.41, 5.74) is 3.92. The Morgan fingerprint density at radius 3 is 2.46 bits per heavy atom. The Hall–Kier alpha value is -2.18. The first-order valence-corrected chi connectivity index (χ1v) is 9.49. The minimum Gasteiger partial charge on any atom is -0.466 e. The van der Waals surface area contributed by atoms with Crippen LogP contribution < -0.4 is 4.90 Å². The molecule has 0 atom stereocenters. The summed E-state index contributed by atoms with van der Waals surface area (Å²) in [6.07, 6.45) is 0. The van der Waals surface area contributed by atoms with Crippen LogP contribution in [-0.4, -0.2) is 43.0 Å². The number of benzene rings is 1. The van der Waals surface area contributed by atoms with Crippen molar-refractivity contribution in [3.8, 4) is 0 Å². The number of anilines is 1. The SMILES string of the molecule is Cc1cc(C)c2nc(N(CCN(C)C)C(=O)c3cc(C)oc3C)sc2c1. The maximum Gasteiger partial charge on any atom is 0.263 e. The standard InChI is InChI=1S/C20H25N3O2S/c1-12-9-13(2)18-17(10-12)26-20(21-18)23(8-7-22(5)6)19(24)16-11-14(3)25-15(16)4/h9-11H,7-8H2,1-6H3. The summed E-state index contributed by atoms with van der Waals surface area (Å²) in [6, 6.07) is 6.07. The van der Waals surface area contributed by atoms with Crippen LogP contribution in [0, 0.1) is 27.7 Å². The Morgan fingerprint density at radius 2 is 1.85 bits per heavy atom. The number of fused-ring (bicyclic) bond motifs is 1. The number of hydrogen-bond acceptors (Lipinski definition) is 5. The van der Waals surface area contributed by atoms with E-state index in [0.29, 0.717) is 17.9 Å². The molecule has 0 aliphatic rings. The van der Waals surface area contributed by atoms with Crippen LogP contribution in [0.25, 0.3) is 10.2 Å². The number of furan rings is 1. The topological polar surface area (TPSA) is 49.6 Å². The fourth-order valence-electron chi connectivity index (χ4n) is 3.05. The van der Waals surface area contributed by atoms with Gasteiger partial charge in [-0.2, -0.15) is 0 Å². The van der Waals surface area contributed by atoms with Crippen LogP contribution in [0.2, 0.25) is 0 Å². The van der Waals surface area contributed by atoms with Crippen LogP contribution >= 0.6 is 11.3 Å². The second-order valence-electron chi connectivity index (χ2n) is 7.01. The third kappa shape index (κ3) is 3.66. The van der Waals surface area contributed by atoms with Gasteiger partial charge in [0.1, 0.15) is 11.5 Å². The van der Waals surface area contributed by atoms with Crippen molar-refractivity contribution in [3.05, 3.63) is 46.4 Å². The first-order valence-electron chi connectivity index (χ1n) is 8.67. The lowest BCUT2D eigenvalue weighted by Gasteiger charge is -2.21. The van der Waals surface area contributed by atoms with E-state index >= 15 is 0 Å². The van der Waals surface area contributed by atoms with Crippen LogP contribution in [0.1, 0.15) is 33.0 Å². The zero-order valence-corrected chi connectivity index (χ0v) is 17.0. The van der Waals surface area contributed by atoms with Crippen molar-refractivity contribution in [2.24, 2.45) is 0 Å². The molecule has 0 saturated carbocycles. The maximum absolute atomic E-state index is 13.2. The summed E-state index contributed by atoms with van der Waals surface area (Å²) in [4.78, 5) is 21.9. The molecule has 6 heteroatoms. The molecule has 138 valence electrons. The molecular weight excluding hydrogens is 346 g/mol. The molecule has 2 heterocycles. The fraction of sp³-hybridized carbons (Fsp3) is 0.400. The van der Waals surface area contributed by atoms with Gasteiger partial charge in [0.15, 0.2) is 5.13 Å². The molecule has 1 amide bonds. The second-order valence-corrected chi connectivity index (χ2v) is 8.02. The van der Waals surface area contributed by atoms with Gasteiger partial charge in [0.25, 0.3) is 5.91 Å². The molecule has 0 bridgehead atoms. The molecule has 0 saturated heterocycles. The van der Waals surface area contributed by atoms with E-state index in [0.717, 1.165) is 33.2 Å². The van der Waals surface area contributed by atoms with E-state index in [1.54, 1.807) is 16.2 Å². The first-order chi connectivity index (χ1) is 12.3. The Labute approximate surface area is 158 Å². The molecule has 0 fully saturated rings. The van der Waals surface area contributed by atoms with Gasteiger partial charge in [-0.3, -0.25) is 9.69 Å². The highest BCUT2D eigenvalue weighted by Gasteiger charge is 2.25. The van der Waals surface area contributed by atoms with Gasteiger partial charge in [0, 0.05) is 13.1 Å². The van der Waals surface area contributed by atoms with Crippen LogP contribution in [0.15, 0.2) is 22.6 Å². The summed E-state index contributed by atoms with van der Waals surface area (Å²) in [5.74, 6) is 1.33. The van der Waals surface area contributed by atoms with Crippen molar-refractivity contribution in [1.29, 1.82) is 0 Å². The average molecular weight is 372 g/mol. The minimum atomic E-state index is -0.0605. The van der Waals surface area contributed by atoms with Gasteiger partial charge in [0.2, 0.25) is 0 Å². The molecule has 0 radical (unpaired) electrons. The highest BCUT2D eigenvalue weighted by molar-refractivity contribution is 7.22. The quantitative estimate of drug-likeness (QED) is 0.670. The van der Waals surface area contributed by atoms with Gasteiger partial charge in [-0.1, -0.05) is 17.4 Å². The molecule has 26 heavy (non-hydrogen) atoms. The smallest absolute Gasteiger partial charge is 0.263 e. The monoisotopic (exact) mass is 371 g/mol. The van der Waals surface area contributed by atoms with E-state index in [1.807, 2.05) is 34.0 Å². The van der Waals surface area contributed by atoms with Crippen LogP contribution in [-0.2, 0) is 0 Å². The number of rotatable bonds is 5. The second kappa shape index (κ2) is 7.21. The van der Waals surface area contributed by atoms with Crippen LogP contribution in [0.5, 0.6) is 0 Å². The minimum absolute atomic E-state index is 0.0605. The molecule has 1 aromatic carbocycles. The maximum atomic E-state index is 13.2. The normalized spacial score (nSPS) is 11.5. The van der Waals surface area contributed by atoms with Crippen molar-refractivity contribution >= 4 is 32.6 Å². The van der Waals surface area contributed by atoms with Gasteiger partial charge in [-0.05, 0) is 65.0 Å². The van der Waals surface area contributed by atoms with Gasteiger partial charge >= 0.3 is 0 Å². The van der Waals surface area contributed by atoms with E-state index in [-0.39, 0.29) is 5.91 Å². The fourth-order valence-corrected chi connectivity index (χ4v) is 4.21. The van der Waals surface area contributed by atoms with Gasteiger partial charge in [0.05, 0.1) is 15.8 Å². The summed E-state index contributed by atoms with van der Waals surface area (Å²) >= 11 is 1.57. The van der Waals surface area contributed by atoms with Crippen molar-refractivity contribution in [1.82, 2.24) is 9.88 Å². The zero-order valence-electron chi connectivity index (χ0n) is 16.2. The molecule has 0 spiro atoms. The Kier molecular flexibility index (Phi) is 5.16. The number of thiazole rings is 1. The van der Waals surface area contributed by atoms with Crippen molar-refractivity contribution in [2.75, 3.05) is 32.1 Å². The summed E-state index contributed by atoms with van der Waals surface area (Å²) in [5, 5.41) is 0.735. The highest BCUT2D eigenvalue weighted by atomic mass is 32.1. The van der Waals surface area contributed by atoms with Crippen LogP contribution in [0.4, 0.5) is 5.13 Å². The van der Waals surface area contributed by atoms with Crippen LogP contribution in [0.3, 0.4) is 0 Å². The summed E-state index contributed by atoms with van der Waals surface area (Å²) in [7, 11) is 4.00. The number of aryl methyl sites for hydroxylation is 4. The molecule has 0 aliphatic heterocycles. The predicted molar refractivity (Wildman–Crippen MR) is 108 cm³/mol. The molecule has 0 aliphatic carbocycles. The lowest BCUT2D eigenvalue weighted by Crippen LogP contribution is -2.36. The predicted octanol–water partition coefficient (Wildman–Crippen LogP) is 4.33. The van der Waals surface area contributed by atoms with Crippen molar-refractivity contribution in [3.63, 3.8) is 0 Å². The van der Waals surface area contributed by atoms with Crippen molar-refractivity contribution < 1.29 is 9.21 Å². The Bertz CT molecular complexity index is 956. The van der Waals surface area contributed by atoms with E-state index in [4.69, 9.17) is 9.40 Å². The molecular formula is C20H25N3O2S. The Balaban J connectivity index is 2.04. The zero-order chi connectivity index (χ0) is 19.0. The molecule has 0 unspecified atom stereocenters. The average Bonchev–Trinajstić information content (AvgIpc) is 3.10. The third-order valence-corrected chi connectivity index (χ3v) is 5.36. The molecule has 3 aromatic rings. The lowest BCUT2D eigenvalue weighted by atomic mass is 10.1. The number of amides is 1. The number of hydrogen-bond donors (Lipinski definition) is 0. The molecule has 5 nitrogen and oxygen atoms in total. The number of carbonyl (C=O) groups is 1. The largest absolute Gasteiger partial charge is 0.466 e. The third-order valence-electron chi connectivity index (χ3n) is 4.34. The highest BCUT2D eigenvalue weighted by Crippen LogP contribution is 2.32. The van der Waals surface area contributed by atoms with Gasteiger partial charge in [-0.15, -0.1) is 0 Å². The number of likely N-dealkylation sites (N-methyl/N-ethyl adjacent to an activating group) is 1. The number of aromatic nitrogens is 1.